The van der Waals surface area contributed by atoms with Gasteiger partial charge in [-0.3, -0.25) is 0 Å². The lowest BCUT2D eigenvalue weighted by molar-refractivity contribution is 0.202. The monoisotopic (exact) mass is 300 g/mol. The topological polar surface area (TPSA) is 63.4 Å². The number of rotatable bonds is 3. The standard InChI is InChI=1S/C14H21FN2O2S/c1-10-4-3-7-17(11(10)2)20(18,19)14-6-5-12(9-16)8-13(14)15/h5-6,8,10-11H,3-4,7,9,16H2,1-2H3. The molecular formula is C14H21FN2O2S. The van der Waals surface area contributed by atoms with E-state index in [9.17, 15) is 12.8 Å². The van der Waals surface area contributed by atoms with Crippen LogP contribution in [0.25, 0.3) is 0 Å². The predicted molar refractivity (Wildman–Crippen MR) is 76.0 cm³/mol. The van der Waals surface area contributed by atoms with E-state index in [2.05, 4.69) is 0 Å². The maximum atomic E-state index is 14.1. The first kappa shape index (κ1) is 15.4. The van der Waals surface area contributed by atoms with Gasteiger partial charge in [0.25, 0.3) is 0 Å². The number of nitrogens with two attached hydrogens (primary N) is 1. The summed E-state index contributed by atoms with van der Waals surface area (Å²) in [6.07, 6.45) is 1.81. The second-order valence-electron chi connectivity index (χ2n) is 5.44. The van der Waals surface area contributed by atoms with Gasteiger partial charge in [0.05, 0.1) is 0 Å². The van der Waals surface area contributed by atoms with Crippen LogP contribution in [0.4, 0.5) is 4.39 Å². The predicted octanol–water partition coefficient (Wildman–Crippen LogP) is 2.09. The zero-order valence-corrected chi connectivity index (χ0v) is 12.7. The first-order valence-electron chi connectivity index (χ1n) is 6.88. The van der Waals surface area contributed by atoms with E-state index >= 15 is 0 Å². The lowest BCUT2D eigenvalue weighted by atomic mass is 9.94. The van der Waals surface area contributed by atoms with Crippen LogP contribution in [-0.4, -0.2) is 25.3 Å². The van der Waals surface area contributed by atoms with Crippen LogP contribution in [0.15, 0.2) is 23.1 Å². The smallest absolute Gasteiger partial charge is 0.246 e. The largest absolute Gasteiger partial charge is 0.326 e. The van der Waals surface area contributed by atoms with Gasteiger partial charge < -0.3 is 5.73 Å². The lowest BCUT2D eigenvalue weighted by Crippen LogP contribution is -2.46. The fourth-order valence-electron chi connectivity index (χ4n) is 2.64. The molecule has 1 aromatic carbocycles. The molecule has 0 bridgehead atoms. The van der Waals surface area contributed by atoms with Crippen LogP contribution in [0.3, 0.4) is 0 Å². The van der Waals surface area contributed by atoms with E-state index in [1.54, 1.807) is 6.07 Å². The van der Waals surface area contributed by atoms with Gasteiger partial charge in [-0.15, -0.1) is 0 Å². The molecule has 1 aliphatic rings. The van der Waals surface area contributed by atoms with Crippen molar-refractivity contribution >= 4 is 10.0 Å². The highest BCUT2D eigenvalue weighted by Crippen LogP contribution is 2.29. The summed E-state index contributed by atoms with van der Waals surface area (Å²) in [5.74, 6) is -0.441. The minimum atomic E-state index is -3.78. The molecule has 0 aromatic heterocycles. The molecule has 0 spiro atoms. The van der Waals surface area contributed by atoms with Gasteiger partial charge in [-0.1, -0.05) is 13.0 Å². The van der Waals surface area contributed by atoms with Gasteiger partial charge in [0, 0.05) is 19.1 Å². The van der Waals surface area contributed by atoms with Gasteiger partial charge in [-0.05, 0) is 43.4 Å². The SMILES string of the molecule is CC1CCCN(S(=O)(=O)c2ccc(CN)cc2F)C1C. The van der Waals surface area contributed by atoms with Gasteiger partial charge in [0.15, 0.2) is 0 Å². The molecule has 0 aliphatic carbocycles. The highest BCUT2D eigenvalue weighted by Gasteiger charge is 2.35. The average Bonchev–Trinajstić information content (AvgIpc) is 2.41. The molecule has 112 valence electrons. The van der Waals surface area contributed by atoms with Crippen molar-refractivity contribution in [3.63, 3.8) is 0 Å². The summed E-state index contributed by atoms with van der Waals surface area (Å²) in [7, 11) is -3.78. The Kier molecular flexibility index (Phi) is 4.46. The third kappa shape index (κ3) is 2.73. The number of hydrogen-bond acceptors (Lipinski definition) is 3. The maximum Gasteiger partial charge on any atom is 0.246 e. The number of hydrogen-bond donors (Lipinski definition) is 1. The third-order valence-corrected chi connectivity index (χ3v) is 6.15. The molecule has 1 aliphatic heterocycles. The minimum Gasteiger partial charge on any atom is -0.326 e. The molecule has 1 fully saturated rings. The Morgan fingerprint density at radius 3 is 2.70 bits per heavy atom. The molecule has 2 atom stereocenters. The highest BCUT2D eigenvalue weighted by atomic mass is 32.2. The summed E-state index contributed by atoms with van der Waals surface area (Å²) in [4.78, 5) is -0.254. The van der Waals surface area contributed by atoms with Crippen LogP contribution < -0.4 is 5.73 Å². The zero-order chi connectivity index (χ0) is 14.9. The molecule has 1 aromatic rings. The normalized spacial score (nSPS) is 24.8. The average molecular weight is 300 g/mol. The van der Waals surface area contributed by atoms with E-state index in [0.29, 0.717) is 12.1 Å². The number of nitrogens with zero attached hydrogens (tertiary/aromatic N) is 1. The summed E-state index contributed by atoms with van der Waals surface area (Å²) in [5.41, 5.74) is 6.02. The van der Waals surface area contributed by atoms with E-state index in [1.807, 2.05) is 13.8 Å². The van der Waals surface area contributed by atoms with Gasteiger partial charge in [-0.2, -0.15) is 4.31 Å². The molecule has 0 radical (unpaired) electrons. The molecular weight excluding hydrogens is 279 g/mol. The Bertz CT molecular complexity index is 589. The number of halogens is 1. The van der Waals surface area contributed by atoms with Crippen molar-refractivity contribution in [1.29, 1.82) is 0 Å². The molecule has 0 saturated carbocycles. The molecule has 0 amide bonds. The second kappa shape index (κ2) is 5.79. The van der Waals surface area contributed by atoms with Gasteiger partial charge in [0.1, 0.15) is 10.7 Å². The van der Waals surface area contributed by atoms with Crippen molar-refractivity contribution in [2.45, 2.75) is 44.2 Å². The number of benzene rings is 1. The van der Waals surface area contributed by atoms with E-state index in [0.717, 1.165) is 12.8 Å². The van der Waals surface area contributed by atoms with Crippen LogP contribution in [0.2, 0.25) is 0 Å². The Morgan fingerprint density at radius 1 is 1.40 bits per heavy atom. The fourth-order valence-corrected chi connectivity index (χ4v) is 4.46. The molecule has 2 rings (SSSR count). The number of sulfonamides is 1. The van der Waals surface area contributed by atoms with Crippen LogP contribution in [-0.2, 0) is 16.6 Å². The maximum absolute atomic E-state index is 14.1. The Morgan fingerprint density at radius 2 is 2.10 bits per heavy atom. The van der Waals surface area contributed by atoms with Crippen molar-refractivity contribution in [2.24, 2.45) is 11.7 Å². The third-order valence-electron chi connectivity index (χ3n) is 4.13. The van der Waals surface area contributed by atoms with E-state index in [1.165, 1.54) is 16.4 Å². The van der Waals surface area contributed by atoms with Gasteiger partial charge in [-0.25, -0.2) is 12.8 Å². The lowest BCUT2D eigenvalue weighted by Gasteiger charge is -2.36. The quantitative estimate of drug-likeness (QED) is 0.929. The first-order valence-corrected chi connectivity index (χ1v) is 8.32. The molecule has 20 heavy (non-hydrogen) atoms. The van der Waals surface area contributed by atoms with Crippen molar-refractivity contribution in [3.8, 4) is 0 Å². The van der Waals surface area contributed by atoms with Crippen LogP contribution >= 0.6 is 0 Å². The number of piperidine rings is 1. The Balaban J connectivity index is 2.39. The van der Waals surface area contributed by atoms with Gasteiger partial charge in [0.2, 0.25) is 10.0 Å². The Labute approximate surface area is 119 Å². The van der Waals surface area contributed by atoms with E-state index in [4.69, 9.17) is 5.73 Å². The summed E-state index contributed by atoms with van der Waals surface area (Å²) in [6, 6.07) is 3.97. The van der Waals surface area contributed by atoms with Crippen LogP contribution in [0.5, 0.6) is 0 Å². The fraction of sp³-hybridized carbons (Fsp3) is 0.571. The van der Waals surface area contributed by atoms with Crippen LogP contribution in [0, 0.1) is 11.7 Å². The first-order chi connectivity index (χ1) is 9.37. The van der Waals surface area contributed by atoms with Crippen molar-refractivity contribution in [2.75, 3.05) is 6.54 Å². The summed E-state index contributed by atoms with van der Waals surface area (Å²) < 4.78 is 40.7. The van der Waals surface area contributed by atoms with E-state index < -0.39 is 15.8 Å². The summed E-state index contributed by atoms with van der Waals surface area (Å²) >= 11 is 0. The molecule has 1 heterocycles. The van der Waals surface area contributed by atoms with E-state index in [-0.39, 0.29) is 23.4 Å². The highest BCUT2D eigenvalue weighted by molar-refractivity contribution is 7.89. The molecule has 1 saturated heterocycles. The van der Waals surface area contributed by atoms with Crippen molar-refractivity contribution in [1.82, 2.24) is 4.31 Å². The van der Waals surface area contributed by atoms with Gasteiger partial charge >= 0.3 is 0 Å². The molecule has 4 nitrogen and oxygen atoms in total. The molecule has 2 N–H and O–H groups in total. The van der Waals surface area contributed by atoms with Crippen molar-refractivity contribution in [3.05, 3.63) is 29.6 Å². The Hall–Kier alpha value is -0.980. The summed E-state index contributed by atoms with van der Waals surface area (Å²) in [5, 5.41) is 0. The molecule has 6 heteroatoms. The summed E-state index contributed by atoms with van der Waals surface area (Å²) in [6.45, 7) is 4.55. The second-order valence-corrected chi connectivity index (χ2v) is 7.30. The van der Waals surface area contributed by atoms with Crippen LogP contribution in [0.1, 0.15) is 32.3 Å². The van der Waals surface area contributed by atoms with Crippen molar-refractivity contribution < 1.29 is 12.8 Å². The zero-order valence-electron chi connectivity index (χ0n) is 11.8. The minimum absolute atomic E-state index is 0.109. The molecule has 2 unspecified atom stereocenters.